The second-order valence-corrected chi connectivity index (χ2v) is 7.27. The zero-order valence-corrected chi connectivity index (χ0v) is 15.2. The highest BCUT2D eigenvalue weighted by Crippen LogP contribution is 2.35. The minimum atomic E-state index is -1.45. The minimum Gasteiger partial charge on any atom is -0.481 e. The van der Waals surface area contributed by atoms with Crippen molar-refractivity contribution in [1.82, 2.24) is 14.9 Å². The lowest BCUT2D eigenvalue weighted by Crippen LogP contribution is -2.58. The number of carbonyl (C=O) groups is 2. The standard InChI is InChI=1S/C21H21N3O4/c25-17-9-11-24(19(26)16-7-6-15-8-10-22-18(15)23-16)13-21(17,20(27)28)12-14-4-2-1-3-5-14/h1-8,10,17,25H,9,11-13H2,(H,22,23)(H,27,28)/t17-,21-/m1/s1. The second-order valence-electron chi connectivity index (χ2n) is 7.27. The number of carbonyl (C=O) groups excluding carboxylic acids is 1. The van der Waals surface area contributed by atoms with E-state index in [0.717, 1.165) is 10.9 Å². The Morgan fingerprint density at radius 2 is 1.96 bits per heavy atom. The van der Waals surface area contributed by atoms with E-state index in [9.17, 15) is 19.8 Å². The summed E-state index contributed by atoms with van der Waals surface area (Å²) < 4.78 is 0. The molecule has 3 N–H and O–H groups in total. The van der Waals surface area contributed by atoms with Gasteiger partial charge < -0.3 is 20.1 Å². The van der Waals surface area contributed by atoms with Gasteiger partial charge >= 0.3 is 5.97 Å². The summed E-state index contributed by atoms with van der Waals surface area (Å²) in [5.41, 5.74) is 0.220. The van der Waals surface area contributed by atoms with Crippen LogP contribution in [0.2, 0.25) is 0 Å². The minimum absolute atomic E-state index is 0.0678. The number of carboxylic acids is 1. The van der Waals surface area contributed by atoms with E-state index >= 15 is 0 Å². The number of aliphatic carboxylic acids is 1. The van der Waals surface area contributed by atoms with Gasteiger partial charge in [0, 0.05) is 24.7 Å². The molecule has 3 heterocycles. The molecule has 1 aliphatic heterocycles. The van der Waals surface area contributed by atoms with Crippen LogP contribution in [0.4, 0.5) is 0 Å². The molecule has 0 unspecified atom stereocenters. The molecule has 0 bridgehead atoms. The molecule has 1 aromatic carbocycles. The lowest BCUT2D eigenvalue weighted by molar-refractivity contribution is -0.161. The Hall–Kier alpha value is -3.19. The van der Waals surface area contributed by atoms with Gasteiger partial charge in [0.25, 0.3) is 5.91 Å². The van der Waals surface area contributed by atoms with Crippen LogP contribution in [0.1, 0.15) is 22.5 Å². The largest absolute Gasteiger partial charge is 0.481 e. The number of likely N-dealkylation sites (tertiary alicyclic amines) is 1. The molecular weight excluding hydrogens is 358 g/mol. The molecule has 144 valence electrons. The number of hydrogen-bond donors (Lipinski definition) is 3. The highest BCUT2D eigenvalue weighted by atomic mass is 16.4. The third kappa shape index (κ3) is 3.14. The van der Waals surface area contributed by atoms with Crippen LogP contribution < -0.4 is 0 Å². The second kappa shape index (κ2) is 7.09. The van der Waals surface area contributed by atoms with Gasteiger partial charge in [-0.05, 0) is 36.6 Å². The molecule has 1 fully saturated rings. The van der Waals surface area contributed by atoms with Crippen molar-refractivity contribution >= 4 is 22.9 Å². The number of piperidine rings is 1. The number of H-pyrrole nitrogens is 1. The van der Waals surface area contributed by atoms with E-state index in [0.29, 0.717) is 5.65 Å². The lowest BCUT2D eigenvalue weighted by atomic mass is 9.72. The number of aromatic nitrogens is 2. The first-order chi connectivity index (χ1) is 13.5. The molecule has 0 spiro atoms. The molecule has 1 saturated heterocycles. The third-order valence-electron chi connectivity index (χ3n) is 5.49. The highest BCUT2D eigenvalue weighted by molar-refractivity contribution is 5.95. The number of carboxylic acid groups (broad SMARTS) is 1. The van der Waals surface area contributed by atoms with Gasteiger partial charge in [-0.3, -0.25) is 9.59 Å². The van der Waals surface area contributed by atoms with Gasteiger partial charge in [-0.25, -0.2) is 4.98 Å². The number of hydrogen-bond acceptors (Lipinski definition) is 4. The number of aliphatic hydroxyl groups is 1. The van der Waals surface area contributed by atoms with Gasteiger partial charge in [0.2, 0.25) is 0 Å². The molecule has 1 aliphatic rings. The molecule has 28 heavy (non-hydrogen) atoms. The van der Waals surface area contributed by atoms with Gasteiger partial charge in [-0.2, -0.15) is 0 Å². The van der Waals surface area contributed by atoms with Crippen molar-refractivity contribution in [2.24, 2.45) is 5.41 Å². The molecule has 0 radical (unpaired) electrons. The average molecular weight is 379 g/mol. The number of pyridine rings is 1. The molecule has 3 aromatic rings. The van der Waals surface area contributed by atoms with Crippen molar-refractivity contribution in [3.8, 4) is 0 Å². The van der Waals surface area contributed by atoms with E-state index in [-0.39, 0.29) is 37.5 Å². The number of fused-ring (bicyclic) bond motifs is 1. The van der Waals surface area contributed by atoms with Crippen molar-refractivity contribution in [3.63, 3.8) is 0 Å². The number of nitrogens with zero attached hydrogens (tertiary/aromatic N) is 2. The van der Waals surface area contributed by atoms with Crippen LogP contribution in [0.3, 0.4) is 0 Å². The number of aliphatic hydroxyl groups excluding tert-OH is 1. The van der Waals surface area contributed by atoms with Crippen LogP contribution in [-0.2, 0) is 11.2 Å². The van der Waals surface area contributed by atoms with Crippen LogP contribution in [0, 0.1) is 5.41 Å². The summed E-state index contributed by atoms with van der Waals surface area (Å²) in [5, 5.41) is 21.5. The van der Waals surface area contributed by atoms with Crippen LogP contribution in [0.5, 0.6) is 0 Å². The maximum Gasteiger partial charge on any atom is 0.314 e. The maximum atomic E-state index is 13.0. The normalized spacial score (nSPS) is 22.3. The van der Waals surface area contributed by atoms with E-state index in [1.165, 1.54) is 4.90 Å². The Balaban J connectivity index is 1.63. The van der Waals surface area contributed by atoms with E-state index in [4.69, 9.17) is 0 Å². The van der Waals surface area contributed by atoms with Gasteiger partial charge in [0.1, 0.15) is 16.8 Å². The summed E-state index contributed by atoms with van der Waals surface area (Å²) in [6.45, 7) is 0.218. The SMILES string of the molecule is O=C(c1ccc2cc[nH]c2n1)N1CC[C@@H](O)[C@](Cc2ccccc2)(C(=O)O)C1. The summed E-state index contributed by atoms with van der Waals surface area (Å²) in [6.07, 6.45) is 1.07. The quantitative estimate of drug-likeness (QED) is 0.643. The van der Waals surface area contributed by atoms with E-state index in [1.807, 2.05) is 36.4 Å². The summed E-state index contributed by atoms with van der Waals surface area (Å²) in [4.78, 5) is 34.0. The molecule has 0 aliphatic carbocycles. The Labute approximate surface area is 161 Å². The smallest absolute Gasteiger partial charge is 0.314 e. The van der Waals surface area contributed by atoms with Crippen molar-refractivity contribution in [1.29, 1.82) is 0 Å². The van der Waals surface area contributed by atoms with Crippen LogP contribution in [-0.4, -0.2) is 56.2 Å². The zero-order valence-electron chi connectivity index (χ0n) is 15.2. The third-order valence-corrected chi connectivity index (χ3v) is 5.49. The molecule has 2 atom stereocenters. The first kappa shape index (κ1) is 18.2. The van der Waals surface area contributed by atoms with Crippen LogP contribution >= 0.6 is 0 Å². The lowest BCUT2D eigenvalue weighted by Gasteiger charge is -2.43. The predicted molar refractivity (Wildman–Crippen MR) is 103 cm³/mol. The average Bonchev–Trinajstić information content (AvgIpc) is 3.17. The topological polar surface area (TPSA) is 107 Å². The number of benzene rings is 1. The van der Waals surface area contributed by atoms with Crippen molar-refractivity contribution < 1.29 is 19.8 Å². The number of nitrogens with one attached hydrogen (secondary N) is 1. The van der Waals surface area contributed by atoms with Crippen LogP contribution in [0.15, 0.2) is 54.7 Å². The Kier molecular flexibility index (Phi) is 4.60. The summed E-state index contributed by atoms with van der Waals surface area (Å²) >= 11 is 0. The monoisotopic (exact) mass is 379 g/mol. The molecule has 0 saturated carbocycles. The number of aromatic amines is 1. The fourth-order valence-corrected chi connectivity index (χ4v) is 3.88. The summed E-state index contributed by atoms with van der Waals surface area (Å²) in [7, 11) is 0. The molecule has 7 nitrogen and oxygen atoms in total. The van der Waals surface area contributed by atoms with Gasteiger partial charge in [-0.15, -0.1) is 0 Å². The number of rotatable bonds is 4. The van der Waals surface area contributed by atoms with E-state index < -0.39 is 17.5 Å². The molecule has 7 heteroatoms. The highest BCUT2D eigenvalue weighted by Gasteiger charge is 2.50. The molecular formula is C21H21N3O4. The summed E-state index contributed by atoms with van der Waals surface area (Å²) in [6, 6.07) is 14.5. The Morgan fingerprint density at radius 1 is 1.18 bits per heavy atom. The van der Waals surface area contributed by atoms with Gasteiger partial charge in [-0.1, -0.05) is 30.3 Å². The fourth-order valence-electron chi connectivity index (χ4n) is 3.88. The van der Waals surface area contributed by atoms with Crippen molar-refractivity contribution in [2.75, 3.05) is 13.1 Å². The van der Waals surface area contributed by atoms with Gasteiger partial charge in [0.05, 0.1) is 6.10 Å². The van der Waals surface area contributed by atoms with Crippen molar-refractivity contribution in [2.45, 2.75) is 18.9 Å². The zero-order chi connectivity index (χ0) is 19.7. The number of amides is 1. The first-order valence-electron chi connectivity index (χ1n) is 9.18. The van der Waals surface area contributed by atoms with Gasteiger partial charge in [0.15, 0.2) is 0 Å². The van der Waals surface area contributed by atoms with E-state index in [2.05, 4.69) is 9.97 Å². The molecule has 1 amide bonds. The maximum absolute atomic E-state index is 13.0. The van der Waals surface area contributed by atoms with Crippen molar-refractivity contribution in [3.05, 3.63) is 66.0 Å². The fraction of sp³-hybridized carbons (Fsp3) is 0.286. The first-order valence-corrected chi connectivity index (χ1v) is 9.18. The molecule has 4 rings (SSSR count). The molecule has 2 aromatic heterocycles. The predicted octanol–water partition coefficient (Wildman–Crippen LogP) is 2.08. The Morgan fingerprint density at radius 3 is 2.71 bits per heavy atom. The Bertz CT molecular complexity index is 1020. The van der Waals surface area contributed by atoms with Crippen LogP contribution in [0.25, 0.3) is 11.0 Å². The van der Waals surface area contributed by atoms with E-state index in [1.54, 1.807) is 18.3 Å². The summed E-state index contributed by atoms with van der Waals surface area (Å²) in [5.74, 6) is -1.43.